The van der Waals surface area contributed by atoms with Gasteiger partial charge in [0.05, 0.1) is 5.69 Å². The molecule has 0 atom stereocenters. The van der Waals surface area contributed by atoms with Crippen LogP contribution in [0.25, 0.3) is 20.9 Å². The largest absolute Gasteiger partial charge is 0.398 e. The molecule has 0 aliphatic rings. The Balaban J connectivity index is 2.54. The van der Waals surface area contributed by atoms with Gasteiger partial charge in [0.2, 0.25) is 0 Å². The molecule has 0 bridgehead atoms. The van der Waals surface area contributed by atoms with Gasteiger partial charge in [-0.3, -0.25) is 0 Å². The maximum Gasteiger partial charge on any atom is 0.0503 e. The number of anilines is 1. The second-order valence-electron chi connectivity index (χ2n) is 3.39. The molecule has 0 aliphatic heterocycles. The third-order valence-electron chi connectivity index (χ3n) is 2.47. The average Bonchev–Trinajstić information content (AvgIpc) is 2.57. The Morgan fingerprint density at radius 3 is 2.50 bits per heavy atom. The minimum atomic E-state index is 0.885. The molecule has 0 saturated heterocycles. The first-order chi connectivity index (χ1) is 6.84. The van der Waals surface area contributed by atoms with Crippen LogP contribution in [0.2, 0.25) is 0 Å². The summed E-state index contributed by atoms with van der Waals surface area (Å²) < 4.78 is 1.27. The molecule has 3 rings (SSSR count). The number of nitrogens with two attached hydrogens (primary N) is 1. The molecule has 0 fully saturated rings. The Kier molecular flexibility index (Phi) is 1.52. The molecule has 0 saturated carbocycles. The third-order valence-corrected chi connectivity index (χ3v) is 3.44. The molecule has 0 amide bonds. The van der Waals surface area contributed by atoms with Crippen molar-refractivity contribution in [2.24, 2.45) is 0 Å². The number of thiophene rings is 1. The van der Waals surface area contributed by atoms with Crippen LogP contribution in [0.3, 0.4) is 0 Å². The zero-order chi connectivity index (χ0) is 9.54. The lowest BCUT2D eigenvalue weighted by molar-refractivity contribution is 1.81. The molecule has 0 spiro atoms. The Hall–Kier alpha value is -1.54. The number of hydrogen-bond donors (Lipinski definition) is 1. The van der Waals surface area contributed by atoms with Crippen molar-refractivity contribution in [2.75, 3.05) is 5.73 Å². The van der Waals surface area contributed by atoms with E-state index in [1.165, 1.54) is 20.9 Å². The molecule has 1 heterocycles. The molecule has 1 aromatic heterocycles. The van der Waals surface area contributed by atoms with E-state index in [1.54, 1.807) is 11.3 Å². The Morgan fingerprint density at radius 2 is 1.71 bits per heavy atom. The van der Waals surface area contributed by atoms with Crippen LogP contribution in [0.5, 0.6) is 0 Å². The van der Waals surface area contributed by atoms with Crippen LogP contribution < -0.4 is 5.73 Å². The van der Waals surface area contributed by atoms with Gasteiger partial charge < -0.3 is 5.73 Å². The first-order valence-corrected chi connectivity index (χ1v) is 5.38. The molecule has 2 N–H and O–H groups in total. The van der Waals surface area contributed by atoms with Crippen molar-refractivity contribution in [3.05, 3.63) is 41.8 Å². The van der Waals surface area contributed by atoms with Gasteiger partial charge in [-0.05, 0) is 22.9 Å². The van der Waals surface area contributed by atoms with Crippen molar-refractivity contribution in [3.8, 4) is 0 Å². The van der Waals surface area contributed by atoms with E-state index in [-0.39, 0.29) is 0 Å². The first kappa shape index (κ1) is 7.83. The van der Waals surface area contributed by atoms with Crippen molar-refractivity contribution >= 4 is 37.9 Å². The maximum absolute atomic E-state index is 5.88. The smallest absolute Gasteiger partial charge is 0.0503 e. The third kappa shape index (κ3) is 1.01. The van der Waals surface area contributed by atoms with Gasteiger partial charge in [-0.15, -0.1) is 11.3 Å². The van der Waals surface area contributed by atoms with Crippen molar-refractivity contribution in [1.82, 2.24) is 0 Å². The molecular formula is C12H9NS. The van der Waals surface area contributed by atoms with Crippen LogP contribution in [-0.2, 0) is 0 Å². The topological polar surface area (TPSA) is 26.0 Å². The predicted octanol–water partition coefficient (Wildman–Crippen LogP) is 3.64. The van der Waals surface area contributed by atoms with Crippen molar-refractivity contribution in [3.63, 3.8) is 0 Å². The summed E-state index contributed by atoms with van der Waals surface area (Å²) in [5.74, 6) is 0. The second kappa shape index (κ2) is 2.72. The summed E-state index contributed by atoms with van der Waals surface area (Å²) in [7, 11) is 0. The molecule has 2 heteroatoms. The minimum Gasteiger partial charge on any atom is -0.398 e. The maximum atomic E-state index is 5.88. The Morgan fingerprint density at radius 1 is 1.00 bits per heavy atom. The summed E-state index contributed by atoms with van der Waals surface area (Å²) in [6.07, 6.45) is 0. The molecule has 1 nitrogen and oxygen atoms in total. The fourth-order valence-corrected chi connectivity index (χ4v) is 2.61. The van der Waals surface area contributed by atoms with E-state index in [1.807, 2.05) is 5.38 Å². The van der Waals surface area contributed by atoms with E-state index in [0.29, 0.717) is 0 Å². The number of fused-ring (bicyclic) bond motifs is 2. The summed E-state index contributed by atoms with van der Waals surface area (Å²) in [6.45, 7) is 0. The SMILES string of the molecule is Nc1csc2cc3ccccc3cc12. The Labute approximate surface area is 85.8 Å². The molecule has 68 valence electrons. The van der Waals surface area contributed by atoms with E-state index >= 15 is 0 Å². The lowest BCUT2D eigenvalue weighted by Gasteiger charge is -1.97. The monoisotopic (exact) mass is 199 g/mol. The molecular weight excluding hydrogens is 190 g/mol. The van der Waals surface area contributed by atoms with Gasteiger partial charge >= 0.3 is 0 Å². The summed E-state index contributed by atoms with van der Waals surface area (Å²) in [5.41, 5.74) is 6.76. The standard InChI is InChI=1S/C12H9NS/c13-11-7-14-12-6-9-4-2-1-3-8(9)5-10(11)12/h1-7H,13H2. The fraction of sp³-hybridized carbons (Fsp3) is 0. The van der Waals surface area contributed by atoms with Gasteiger partial charge in [-0.2, -0.15) is 0 Å². The number of rotatable bonds is 0. The first-order valence-electron chi connectivity index (χ1n) is 4.50. The molecule has 14 heavy (non-hydrogen) atoms. The predicted molar refractivity (Wildman–Crippen MR) is 63.7 cm³/mol. The van der Waals surface area contributed by atoms with Crippen molar-refractivity contribution in [1.29, 1.82) is 0 Å². The number of nitrogen functional groups attached to an aromatic ring is 1. The summed E-state index contributed by atoms with van der Waals surface area (Å²) in [5, 5.41) is 5.71. The highest BCUT2D eigenvalue weighted by Crippen LogP contribution is 2.31. The van der Waals surface area contributed by atoms with Gasteiger partial charge in [0.1, 0.15) is 0 Å². The van der Waals surface area contributed by atoms with Crippen LogP contribution in [0, 0.1) is 0 Å². The van der Waals surface area contributed by atoms with Crippen LogP contribution in [-0.4, -0.2) is 0 Å². The van der Waals surface area contributed by atoms with Crippen molar-refractivity contribution in [2.45, 2.75) is 0 Å². The number of benzene rings is 2. The molecule has 2 aromatic carbocycles. The highest BCUT2D eigenvalue weighted by atomic mass is 32.1. The fourth-order valence-electron chi connectivity index (χ4n) is 1.73. The van der Waals surface area contributed by atoms with Crippen LogP contribution >= 0.6 is 11.3 Å². The minimum absolute atomic E-state index is 0.885. The lowest BCUT2D eigenvalue weighted by Crippen LogP contribution is -1.80. The van der Waals surface area contributed by atoms with Gasteiger partial charge in [0.25, 0.3) is 0 Å². The molecule has 3 aromatic rings. The van der Waals surface area contributed by atoms with E-state index in [2.05, 4.69) is 36.4 Å². The summed E-state index contributed by atoms with van der Waals surface area (Å²) in [6, 6.07) is 12.7. The normalized spacial score (nSPS) is 11.1. The molecule has 0 radical (unpaired) electrons. The van der Waals surface area contributed by atoms with Crippen LogP contribution in [0.15, 0.2) is 41.8 Å². The van der Waals surface area contributed by atoms with Gasteiger partial charge in [-0.1, -0.05) is 24.3 Å². The van der Waals surface area contributed by atoms with E-state index in [4.69, 9.17) is 5.73 Å². The number of hydrogen-bond acceptors (Lipinski definition) is 2. The van der Waals surface area contributed by atoms with Crippen LogP contribution in [0.1, 0.15) is 0 Å². The Bertz CT molecular complexity index is 610. The zero-order valence-electron chi connectivity index (χ0n) is 7.53. The summed E-state index contributed by atoms with van der Waals surface area (Å²) in [4.78, 5) is 0. The van der Waals surface area contributed by atoms with Gasteiger partial charge in [-0.25, -0.2) is 0 Å². The van der Waals surface area contributed by atoms with Gasteiger partial charge in [0, 0.05) is 15.5 Å². The zero-order valence-corrected chi connectivity index (χ0v) is 8.34. The van der Waals surface area contributed by atoms with E-state index in [9.17, 15) is 0 Å². The second-order valence-corrected chi connectivity index (χ2v) is 4.30. The van der Waals surface area contributed by atoms with Crippen LogP contribution in [0.4, 0.5) is 5.69 Å². The van der Waals surface area contributed by atoms with Crippen molar-refractivity contribution < 1.29 is 0 Å². The highest BCUT2D eigenvalue weighted by Gasteiger charge is 2.01. The quantitative estimate of drug-likeness (QED) is 0.587. The average molecular weight is 199 g/mol. The molecule has 0 unspecified atom stereocenters. The summed E-state index contributed by atoms with van der Waals surface area (Å²) >= 11 is 1.70. The van der Waals surface area contributed by atoms with E-state index in [0.717, 1.165) is 5.69 Å². The lowest BCUT2D eigenvalue weighted by atomic mass is 10.1. The molecule has 0 aliphatic carbocycles. The van der Waals surface area contributed by atoms with E-state index < -0.39 is 0 Å². The highest BCUT2D eigenvalue weighted by molar-refractivity contribution is 7.17. The van der Waals surface area contributed by atoms with Gasteiger partial charge in [0.15, 0.2) is 0 Å².